The molecule has 0 radical (unpaired) electrons. The Morgan fingerprint density at radius 2 is 1.83 bits per heavy atom. The number of aliphatic carboxylic acids is 1. The minimum absolute atomic E-state index is 0.0429. The van der Waals surface area contributed by atoms with Crippen molar-refractivity contribution < 1.29 is 33.9 Å². The lowest BCUT2D eigenvalue weighted by Crippen LogP contribution is -2.56. The zero-order valence-corrected chi connectivity index (χ0v) is 16.7. The smallest absolute Gasteiger partial charge is 0.322 e. The molecule has 1 rings (SSSR count). The number of amides is 5. The summed E-state index contributed by atoms with van der Waals surface area (Å²) in [6, 6.07) is -2.96. The fourth-order valence-corrected chi connectivity index (χ4v) is 2.99. The number of nitrogens with two attached hydrogens (primary N) is 2. The summed E-state index contributed by atoms with van der Waals surface area (Å²) in [6.45, 7) is 0.693. The zero-order chi connectivity index (χ0) is 22.8. The van der Waals surface area contributed by atoms with Gasteiger partial charge in [-0.1, -0.05) is 0 Å². The van der Waals surface area contributed by atoms with E-state index in [2.05, 4.69) is 16.0 Å². The van der Waals surface area contributed by atoms with Gasteiger partial charge in [0.15, 0.2) is 0 Å². The quantitative estimate of drug-likeness (QED) is 0.193. The van der Waals surface area contributed by atoms with Crippen LogP contribution in [0.3, 0.4) is 0 Å². The topological polar surface area (TPSA) is 214 Å². The van der Waals surface area contributed by atoms with Gasteiger partial charge in [0.25, 0.3) is 0 Å². The fraction of sp³-hybridized carbons (Fsp3) is 0.647. The third-order valence-corrected chi connectivity index (χ3v) is 4.50. The van der Waals surface area contributed by atoms with Gasteiger partial charge in [-0.3, -0.25) is 28.8 Å². The molecule has 1 aliphatic rings. The Morgan fingerprint density at radius 1 is 1.17 bits per heavy atom. The van der Waals surface area contributed by atoms with E-state index in [9.17, 15) is 28.8 Å². The molecule has 3 atom stereocenters. The van der Waals surface area contributed by atoms with Crippen molar-refractivity contribution in [3.8, 4) is 0 Å². The molecule has 0 bridgehead atoms. The van der Waals surface area contributed by atoms with Crippen molar-refractivity contribution in [3.05, 3.63) is 0 Å². The Bertz CT molecular complexity index is 698. The van der Waals surface area contributed by atoms with Crippen molar-refractivity contribution in [1.82, 2.24) is 20.9 Å². The molecule has 5 amide bonds. The van der Waals surface area contributed by atoms with E-state index < -0.39 is 60.2 Å². The zero-order valence-electron chi connectivity index (χ0n) is 16.7. The largest absolute Gasteiger partial charge is 0.480 e. The van der Waals surface area contributed by atoms with Crippen molar-refractivity contribution in [3.63, 3.8) is 0 Å². The summed E-state index contributed by atoms with van der Waals surface area (Å²) >= 11 is 0. The van der Waals surface area contributed by atoms with Gasteiger partial charge >= 0.3 is 5.97 Å². The summed E-state index contributed by atoms with van der Waals surface area (Å²) < 4.78 is 0. The Labute approximate surface area is 172 Å². The van der Waals surface area contributed by atoms with Crippen molar-refractivity contribution in [2.45, 2.75) is 50.7 Å². The maximum Gasteiger partial charge on any atom is 0.322 e. The maximum atomic E-state index is 12.9. The maximum absolute atomic E-state index is 12.9. The summed E-state index contributed by atoms with van der Waals surface area (Å²) in [5.74, 6) is -4.29. The first-order valence-electron chi connectivity index (χ1n) is 9.44. The number of rotatable bonds is 11. The van der Waals surface area contributed by atoms with Crippen molar-refractivity contribution >= 4 is 35.5 Å². The number of hydrogen-bond acceptors (Lipinski definition) is 7. The van der Waals surface area contributed by atoms with Crippen LogP contribution in [-0.4, -0.2) is 83.3 Å². The second-order valence-electron chi connectivity index (χ2n) is 6.86. The third kappa shape index (κ3) is 7.66. The molecule has 0 aromatic carbocycles. The standard InChI is InChI=1S/C17H28N6O7/c1-9(15(28)20-8-14(26)27)21-16(29)11-3-2-6-23(11)17(30)10(4-5-12(19)24)22-13(25)7-18/h9-11H,2-8,18H2,1H3,(H2,19,24)(H,20,28)(H,21,29)(H,22,25)(H,26,27). The molecule has 0 spiro atoms. The van der Waals surface area contributed by atoms with E-state index in [0.29, 0.717) is 12.8 Å². The van der Waals surface area contributed by atoms with Gasteiger partial charge in [0.05, 0.1) is 6.54 Å². The van der Waals surface area contributed by atoms with Crippen LogP contribution in [0.2, 0.25) is 0 Å². The molecule has 30 heavy (non-hydrogen) atoms. The first-order chi connectivity index (χ1) is 14.1. The SMILES string of the molecule is CC(NC(=O)C1CCCN1C(=O)C(CCC(N)=O)NC(=O)CN)C(=O)NCC(=O)O. The number of nitrogens with one attached hydrogen (secondary N) is 3. The van der Waals surface area contributed by atoms with E-state index >= 15 is 0 Å². The molecular weight excluding hydrogens is 400 g/mol. The fourth-order valence-electron chi connectivity index (χ4n) is 2.99. The average molecular weight is 428 g/mol. The molecule has 3 unspecified atom stereocenters. The van der Waals surface area contributed by atoms with Crippen LogP contribution in [-0.2, 0) is 28.8 Å². The van der Waals surface area contributed by atoms with E-state index in [-0.39, 0.29) is 25.9 Å². The van der Waals surface area contributed by atoms with Gasteiger partial charge in [0.2, 0.25) is 29.5 Å². The van der Waals surface area contributed by atoms with Crippen LogP contribution in [0.5, 0.6) is 0 Å². The van der Waals surface area contributed by atoms with Crippen molar-refractivity contribution in [2.24, 2.45) is 11.5 Å². The minimum atomic E-state index is -1.23. The van der Waals surface area contributed by atoms with Crippen LogP contribution in [0.15, 0.2) is 0 Å². The van der Waals surface area contributed by atoms with Gasteiger partial charge in [-0.05, 0) is 26.2 Å². The first-order valence-corrected chi connectivity index (χ1v) is 9.44. The predicted molar refractivity (Wildman–Crippen MR) is 102 cm³/mol. The number of primary amides is 1. The normalized spacial score (nSPS) is 17.5. The Hall–Kier alpha value is -3.22. The lowest BCUT2D eigenvalue weighted by molar-refractivity contribution is -0.142. The highest BCUT2D eigenvalue weighted by atomic mass is 16.4. The molecule has 0 aliphatic carbocycles. The second-order valence-corrected chi connectivity index (χ2v) is 6.86. The number of likely N-dealkylation sites (tertiary alicyclic amines) is 1. The van der Waals surface area contributed by atoms with E-state index in [0.717, 1.165) is 0 Å². The van der Waals surface area contributed by atoms with E-state index in [4.69, 9.17) is 16.6 Å². The van der Waals surface area contributed by atoms with Gasteiger partial charge in [0.1, 0.15) is 24.7 Å². The van der Waals surface area contributed by atoms with Crippen LogP contribution in [0.25, 0.3) is 0 Å². The lowest BCUT2D eigenvalue weighted by atomic mass is 10.1. The molecule has 1 aliphatic heterocycles. The Morgan fingerprint density at radius 3 is 2.40 bits per heavy atom. The van der Waals surface area contributed by atoms with Crippen molar-refractivity contribution in [2.75, 3.05) is 19.6 Å². The molecule has 0 saturated carbocycles. The van der Waals surface area contributed by atoms with Crippen LogP contribution < -0.4 is 27.4 Å². The Kier molecular flexibility index (Phi) is 9.68. The molecule has 168 valence electrons. The first kappa shape index (κ1) is 24.8. The highest BCUT2D eigenvalue weighted by Gasteiger charge is 2.38. The van der Waals surface area contributed by atoms with Gasteiger partial charge < -0.3 is 37.4 Å². The monoisotopic (exact) mass is 428 g/mol. The summed E-state index contributed by atoms with van der Waals surface area (Å²) in [6.07, 6.45) is 0.677. The molecule has 1 fully saturated rings. The van der Waals surface area contributed by atoms with E-state index in [1.807, 2.05) is 0 Å². The van der Waals surface area contributed by atoms with Crippen LogP contribution >= 0.6 is 0 Å². The van der Waals surface area contributed by atoms with Crippen LogP contribution in [0.1, 0.15) is 32.6 Å². The number of carboxylic acid groups (broad SMARTS) is 1. The molecule has 1 heterocycles. The summed E-state index contributed by atoms with van der Waals surface area (Å²) in [7, 11) is 0. The predicted octanol–water partition coefficient (Wildman–Crippen LogP) is -3.61. The summed E-state index contributed by atoms with van der Waals surface area (Å²) in [5.41, 5.74) is 10.4. The molecule has 0 aromatic rings. The van der Waals surface area contributed by atoms with Gasteiger partial charge in [-0.15, -0.1) is 0 Å². The Balaban J connectivity index is 2.80. The van der Waals surface area contributed by atoms with Gasteiger partial charge in [-0.2, -0.15) is 0 Å². The summed E-state index contributed by atoms with van der Waals surface area (Å²) in [5, 5.41) is 15.6. The minimum Gasteiger partial charge on any atom is -0.480 e. The number of carbonyl (C=O) groups excluding carboxylic acids is 5. The number of carbonyl (C=O) groups is 6. The second kappa shape index (κ2) is 11.7. The number of nitrogens with zero attached hydrogens (tertiary/aromatic N) is 1. The average Bonchev–Trinajstić information content (AvgIpc) is 3.18. The molecule has 13 heteroatoms. The van der Waals surface area contributed by atoms with Crippen LogP contribution in [0, 0.1) is 0 Å². The molecular formula is C17H28N6O7. The van der Waals surface area contributed by atoms with Crippen molar-refractivity contribution in [1.29, 1.82) is 0 Å². The highest BCUT2D eigenvalue weighted by Crippen LogP contribution is 2.20. The number of hydrogen-bond donors (Lipinski definition) is 6. The van der Waals surface area contributed by atoms with Gasteiger partial charge in [-0.25, -0.2) is 0 Å². The highest BCUT2D eigenvalue weighted by molar-refractivity contribution is 5.95. The molecule has 0 aromatic heterocycles. The van der Waals surface area contributed by atoms with Gasteiger partial charge in [0, 0.05) is 13.0 Å². The third-order valence-electron chi connectivity index (χ3n) is 4.50. The van der Waals surface area contributed by atoms with Crippen LogP contribution in [0.4, 0.5) is 0 Å². The molecule has 1 saturated heterocycles. The number of carboxylic acids is 1. The lowest BCUT2D eigenvalue weighted by Gasteiger charge is -2.29. The molecule has 8 N–H and O–H groups in total. The molecule has 13 nitrogen and oxygen atoms in total. The van der Waals surface area contributed by atoms with E-state index in [1.54, 1.807) is 0 Å². The summed E-state index contributed by atoms with van der Waals surface area (Å²) in [4.78, 5) is 71.9. The van der Waals surface area contributed by atoms with E-state index in [1.165, 1.54) is 11.8 Å².